The fourth-order valence-electron chi connectivity index (χ4n) is 10.9. The van der Waals surface area contributed by atoms with Gasteiger partial charge < -0.3 is 9.38 Å². The van der Waals surface area contributed by atoms with Crippen LogP contribution in [0, 0.1) is 6.92 Å². The molecule has 0 aliphatic carbocycles. The molecule has 3 heteroatoms. The molecule has 0 fully saturated rings. The Balaban J connectivity index is 1.41. The Morgan fingerprint density at radius 3 is 1.51 bits per heavy atom. The molecule has 0 radical (unpaired) electrons. The maximum atomic E-state index is 2.78. The van der Waals surface area contributed by atoms with Gasteiger partial charge in [0.15, 0.2) is 0 Å². The summed E-state index contributed by atoms with van der Waals surface area (Å²) in [6.07, 6.45) is 0. The highest BCUT2D eigenvalue weighted by Gasteiger charge is 2.45. The molecule has 2 nitrogen and oxygen atoms in total. The van der Waals surface area contributed by atoms with Gasteiger partial charge in [-0.05, 0) is 137 Å². The zero-order valence-corrected chi connectivity index (χ0v) is 43.8. The fourth-order valence-corrected chi connectivity index (χ4v) is 10.9. The Morgan fingerprint density at radius 1 is 0.397 bits per heavy atom. The lowest BCUT2D eigenvalue weighted by molar-refractivity contribution is 0.568. The quantitative estimate of drug-likeness (QED) is 0.160. The average Bonchev–Trinajstić information content (AvgIpc) is 3.61. The molecule has 0 spiro atoms. The molecule has 0 atom stereocenters. The summed E-state index contributed by atoms with van der Waals surface area (Å²) in [4.78, 5) is 2.67. The largest absolute Gasteiger partial charge is 0.375 e. The first-order valence-electron chi connectivity index (χ1n) is 25.0. The monoisotopic (exact) mass is 891 g/mol. The van der Waals surface area contributed by atoms with E-state index in [1.54, 1.807) is 0 Å². The Hall–Kier alpha value is -6.06. The maximum absolute atomic E-state index is 2.78. The first-order chi connectivity index (χ1) is 31.8. The SMILES string of the molecule is Cc1ccccc1-c1c(-c2ccccc2)c2cc(C(C)(C)C)cc3c2n1B1c2ccc(-c4ccc(C(C)(C)C)cc4)cc2N(c2cc(C(C)(C)C)cc(C(C)(C)C)c2)c2cc(C(C)(C)C)cc-3c21. The number of fused-ring (bicyclic) bond motifs is 4. The van der Waals surface area contributed by atoms with Crippen molar-refractivity contribution in [2.45, 2.75) is 138 Å². The third kappa shape index (κ3) is 7.56. The molecule has 8 aromatic rings. The van der Waals surface area contributed by atoms with E-state index >= 15 is 0 Å². The second-order valence-corrected chi connectivity index (χ2v) is 25.3. The van der Waals surface area contributed by atoms with Gasteiger partial charge >= 0.3 is 6.85 Å². The summed E-state index contributed by atoms with van der Waals surface area (Å²) in [5.41, 5.74) is 25.7. The van der Waals surface area contributed by atoms with Gasteiger partial charge in [-0.25, -0.2) is 0 Å². The number of aryl methyl sites for hydroxylation is 1. The minimum Gasteiger partial charge on any atom is -0.375 e. The van der Waals surface area contributed by atoms with E-state index in [1.807, 2.05) is 0 Å². The van der Waals surface area contributed by atoms with Crippen LogP contribution in [0.3, 0.4) is 0 Å². The van der Waals surface area contributed by atoms with E-state index in [0.717, 1.165) is 0 Å². The summed E-state index contributed by atoms with van der Waals surface area (Å²) >= 11 is 0. The van der Waals surface area contributed by atoms with E-state index in [2.05, 4.69) is 260 Å². The van der Waals surface area contributed by atoms with E-state index in [9.17, 15) is 0 Å². The zero-order chi connectivity index (χ0) is 48.6. The van der Waals surface area contributed by atoms with Crippen LogP contribution >= 0.6 is 0 Å². The summed E-state index contributed by atoms with van der Waals surface area (Å²) in [5, 5.41) is 1.32. The van der Waals surface area contributed by atoms with Crippen LogP contribution in [0.5, 0.6) is 0 Å². The average molecular weight is 891 g/mol. The molecule has 0 saturated heterocycles. The van der Waals surface area contributed by atoms with Gasteiger partial charge in [0.05, 0.1) is 0 Å². The number of anilines is 3. The smallest absolute Gasteiger partial charge is 0.333 e. The van der Waals surface area contributed by atoms with E-state index in [4.69, 9.17) is 0 Å². The second-order valence-electron chi connectivity index (χ2n) is 25.3. The lowest BCUT2D eigenvalue weighted by atomic mass is 9.44. The Labute approximate surface area is 408 Å². The Kier molecular flexibility index (Phi) is 10.4. The van der Waals surface area contributed by atoms with Crippen LogP contribution in [0.25, 0.3) is 55.5 Å². The van der Waals surface area contributed by atoms with Gasteiger partial charge in [-0.15, -0.1) is 0 Å². The molecule has 2 aliphatic heterocycles. The molecule has 7 aromatic carbocycles. The predicted octanol–water partition coefficient (Wildman–Crippen LogP) is 16.9. The van der Waals surface area contributed by atoms with Crippen molar-refractivity contribution >= 4 is 45.7 Å². The molecule has 10 rings (SSSR count). The third-order valence-corrected chi connectivity index (χ3v) is 15.1. The molecule has 0 saturated carbocycles. The van der Waals surface area contributed by atoms with Crippen LogP contribution in [0.2, 0.25) is 0 Å². The third-order valence-electron chi connectivity index (χ3n) is 15.1. The summed E-state index contributed by atoms with van der Waals surface area (Å²) in [7, 11) is 0. The summed E-state index contributed by atoms with van der Waals surface area (Å²) in [6, 6.07) is 54.6. The predicted molar refractivity (Wildman–Crippen MR) is 297 cm³/mol. The van der Waals surface area contributed by atoms with Crippen molar-refractivity contribution in [3.8, 4) is 44.6 Å². The van der Waals surface area contributed by atoms with Crippen LogP contribution in [0.1, 0.15) is 137 Å². The first-order valence-corrected chi connectivity index (χ1v) is 25.0. The highest BCUT2D eigenvalue weighted by molar-refractivity contribution is 6.90. The minimum absolute atomic E-state index is 0.0597. The Bertz CT molecular complexity index is 3260. The van der Waals surface area contributed by atoms with Gasteiger partial charge in [-0.3, -0.25) is 0 Å². The first kappa shape index (κ1) is 45.7. The van der Waals surface area contributed by atoms with Crippen molar-refractivity contribution < 1.29 is 0 Å². The molecular weight excluding hydrogens is 820 g/mol. The molecule has 3 heterocycles. The lowest BCUT2D eigenvalue weighted by Gasteiger charge is -2.43. The second kappa shape index (κ2) is 15.5. The van der Waals surface area contributed by atoms with Crippen LogP contribution in [0.15, 0.2) is 140 Å². The number of hydrogen-bond acceptors (Lipinski definition) is 1. The highest BCUT2D eigenvalue weighted by atomic mass is 15.2. The van der Waals surface area contributed by atoms with Gasteiger partial charge in [0.2, 0.25) is 0 Å². The van der Waals surface area contributed by atoms with Gasteiger partial charge in [-0.2, -0.15) is 0 Å². The lowest BCUT2D eigenvalue weighted by Crippen LogP contribution is -2.57. The van der Waals surface area contributed by atoms with Crippen LogP contribution in [-0.2, 0) is 27.1 Å². The van der Waals surface area contributed by atoms with Gasteiger partial charge in [0, 0.05) is 50.3 Å². The summed E-state index contributed by atoms with van der Waals surface area (Å²) in [5.74, 6) is 0. The standard InChI is InChI=1S/C65H71BN2/c1-40-22-20-21-25-50(40)60-57(42-23-18-17-19-24-42)53-38-47(64(11,12)13)37-52-51-36-48(65(14,15)16)39-56-58(51)66(68(60)59(52)53)54-31-28-43(41-26-29-44(30-27-41)61(2,3)4)32-55(54)67(56)49-34-45(62(5,6)7)33-46(35-49)63(8,9)10/h17-39H,1-16H3. The van der Waals surface area contributed by atoms with E-state index in [1.165, 1.54) is 117 Å². The van der Waals surface area contributed by atoms with E-state index in [0.29, 0.717) is 0 Å². The molecule has 0 bridgehead atoms. The molecule has 344 valence electrons. The van der Waals surface area contributed by atoms with Crippen LogP contribution in [-0.4, -0.2) is 11.3 Å². The normalized spacial score (nSPS) is 13.8. The molecule has 68 heavy (non-hydrogen) atoms. The molecular formula is C65H71BN2. The zero-order valence-electron chi connectivity index (χ0n) is 43.8. The van der Waals surface area contributed by atoms with Crippen LogP contribution in [0.4, 0.5) is 17.1 Å². The minimum atomic E-state index is -0.116. The van der Waals surface area contributed by atoms with Gasteiger partial charge in [0.1, 0.15) is 0 Å². The van der Waals surface area contributed by atoms with Crippen molar-refractivity contribution in [3.05, 3.63) is 173 Å². The van der Waals surface area contributed by atoms with Gasteiger partial charge in [0.25, 0.3) is 0 Å². The van der Waals surface area contributed by atoms with Crippen molar-refractivity contribution in [3.63, 3.8) is 0 Å². The number of nitrogens with zero attached hydrogens (tertiary/aromatic N) is 2. The number of aromatic nitrogens is 1. The number of benzene rings is 7. The molecule has 0 N–H and O–H groups in total. The van der Waals surface area contributed by atoms with Crippen molar-refractivity contribution in [2.75, 3.05) is 4.90 Å². The van der Waals surface area contributed by atoms with Gasteiger partial charge in [-0.1, -0.05) is 207 Å². The molecule has 0 unspecified atom stereocenters. The topological polar surface area (TPSA) is 8.17 Å². The Morgan fingerprint density at radius 2 is 0.926 bits per heavy atom. The van der Waals surface area contributed by atoms with Crippen molar-refractivity contribution in [1.82, 2.24) is 4.48 Å². The summed E-state index contributed by atoms with van der Waals surface area (Å²) < 4.78 is 2.78. The molecule has 1 aromatic heterocycles. The fraction of sp³-hybridized carbons (Fsp3) is 0.323. The maximum Gasteiger partial charge on any atom is 0.333 e. The molecule has 0 amide bonds. The summed E-state index contributed by atoms with van der Waals surface area (Å²) in [6.45, 7) is 37.5. The molecule has 2 aliphatic rings. The van der Waals surface area contributed by atoms with Crippen molar-refractivity contribution in [1.29, 1.82) is 0 Å². The van der Waals surface area contributed by atoms with E-state index in [-0.39, 0.29) is 33.9 Å². The highest BCUT2D eigenvalue weighted by Crippen LogP contribution is 2.52. The van der Waals surface area contributed by atoms with Crippen molar-refractivity contribution in [2.24, 2.45) is 0 Å². The van der Waals surface area contributed by atoms with E-state index < -0.39 is 0 Å². The number of rotatable bonds is 4. The van der Waals surface area contributed by atoms with Crippen LogP contribution < -0.4 is 15.8 Å². The number of hydrogen-bond donors (Lipinski definition) is 0.